The molecule has 4 N–H and O–H groups in total. The first-order valence-electron chi connectivity index (χ1n) is 14.1. The van der Waals surface area contributed by atoms with Crippen LogP contribution < -0.4 is 10.6 Å². The fraction of sp³-hybridized carbons (Fsp3) is 0.571. The number of nitrogens with one attached hydrogen (secondary N) is 2. The molecule has 1 aliphatic carbocycles. The Morgan fingerprint density at radius 1 is 0.650 bits per heavy atom. The highest BCUT2D eigenvalue weighted by molar-refractivity contribution is 7.54. The van der Waals surface area contributed by atoms with Crippen molar-refractivity contribution < 1.29 is 37.4 Å². The van der Waals surface area contributed by atoms with E-state index in [4.69, 9.17) is 18.1 Å². The van der Waals surface area contributed by atoms with Gasteiger partial charge in [0.2, 0.25) is 0 Å². The Kier molecular flexibility index (Phi) is 12.7. The summed E-state index contributed by atoms with van der Waals surface area (Å²) in [6.45, 7) is 7.84. The Labute approximate surface area is 237 Å². The molecule has 1 saturated carbocycles. The Hall–Kier alpha value is -1.74. The van der Waals surface area contributed by atoms with Crippen molar-refractivity contribution in [2.24, 2.45) is 0 Å². The largest absolute Gasteiger partial charge is 0.508 e. The maximum Gasteiger partial charge on any atom is 0.352 e. The summed E-state index contributed by atoms with van der Waals surface area (Å²) in [5, 5.41) is 28.1. The number of phenolic OH excluding ortho intramolecular Hbond substituents is 2. The molecular weight excluding hydrogens is 554 g/mol. The van der Waals surface area contributed by atoms with Gasteiger partial charge in [-0.1, -0.05) is 36.4 Å². The lowest BCUT2D eigenvalue weighted by Gasteiger charge is -2.37. The summed E-state index contributed by atoms with van der Waals surface area (Å²) in [6, 6.07) is 13.5. The molecular formula is C28H44N2O8P2. The predicted octanol–water partition coefficient (Wildman–Crippen LogP) is 6.82. The highest BCUT2D eigenvalue weighted by Crippen LogP contribution is 2.62. The second-order valence-corrected chi connectivity index (χ2v) is 13.8. The molecule has 0 heterocycles. The third-order valence-electron chi connectivity index (χ3n) is 6.85. The molecule has 2 aromatic rings. The summed E-state index contributed by atoms with van der Waals surface area (Å²) in [7, 11) is -7.30. The third kappa shape index (κ3) is 8.17. The van der Waals surface area contributed by atoms with E-state index in [-0.39, 0.29) is 50.0 Å². The monoisotopic (exact) mass is 598 g/mol. The average molecular weight is 599 g/mol. The summed E-state index contributed by atoms with van der Waals surface area (Å²) in [4.78, 5) is 0. The van der Waals surface area contributed by atoms with Crippen molar-refractivity contribution in [1.82, 2.24) is 10.6 Å². The maximum atomic E-state index is 13.9. The van der Waals surface area contributed by atoms with Gasteiger partial charge in [0.1, 0.15) is 23.1 Å². The van der Waals surface area contributed by atoms with Crippen LogP contribution in [0, 0.1) is 0 Å². The van der Waals surface area contributed by atoms with Gasteiger partial charge in [0, 0.05) is 23.2 Å². The van der Waals surface area contributed by atoms with Crippen LogP contribution >= 0.6 is 15.2 Å². The molecule has 0 radical (unpaired) electrons. The normalized spacial score (nSPS) is 19.8. The molecule has 0 amide bonds. The van der Waals surface area contributed by atoms with Crippen LogP contribution in [0.15, 0.2) is 48.5 Å². The minimum absolute atomic E-state index is 0.0168. The second kappa shape index (κ2) is 15.5. The Balaban J connectivity index is 1.79. The van der Waals surface area contributed by atoms with Crippen LogP contribution in [-0.4, -0.2) is 48.7 Å². The van der Waals surface area contributed by atoms with Crippen molar-refractivity contribution in [3.05, 3.63) is 59.7 Å². The lowest BCUT2D eigenvalue weighted by molar-refractivity contribution is 0.193. The number of para-hydroxylation sites is 2. The van der Waals surface area contributed by atoms with Crippen LogP contribution in [0.1, 0.15) is 76.1 Å². The van der Waals surface area contributed by atoms with Gasteiger partial charge >= 0.3 is 15.2 Å². The fourth-order valence-electron chi connectivity index (χ4n) is 5.11. The van der Waals surface area contributed by atoms with Crippen LogP contribution in [0.2, 0.25) is 0 Å². The van der Waals surface area contributed by atoms with Crippen LogP contribution in [-0.2, 0) is 27.2 Å². The van der Waals surface area contributed by atoms with E-state index in [2.05, 4.69) is 10.6 Å². The Bertz CT molecular complexity index is 1050. The van der Waals surface area contributed by atoms with Crippen LogP contribution in [0.3, 0.4) is 0 Å². The SMILES string of the molecule is CCOP(=O)(OCC)C(NC1CCC(NC(c2ccccc2O)P(=O)(OCC)OCC)CC1)c1ccccc1O. The zero-order valence-corrected chi connectivity index (χ0v) is 25.6. The van der Waals surface area contributed by atoms with E-state index in [9.17, 15) is 19.3 Å². The van der Waals surface area contributed by atoms with E-state index >= 15 is 0 Å². The van der Waals surface area contributed by atoms with Crippen LogP contribution in [0.25, 0.3) is 0 Å². The molecule has 2 unspecified atom stereocenters. The minimum atomic E-state index is -3.65. The molecule has 2 aromatic carbocycles. The summed E-state index contributed by atoms with van der Waals surface area (Å²) in [6.07, 6.45) is 2.84. The highest BCUT2D eigenvalue weighted by atomic mass is 31.2. The van der Waals surface area contributed by atoms with Gasteiger partial charge in [0.25, 0.3) is 0 Å². The number of benzene rings is 2. The van der Waals surface area contributed by atoms with E-state index in [1.54, 1.807) is 76.2 Å². The first kappa shape index (κ1) is 32.8. The quantitative estimate of drug-likeness (QED) is 0.152. The summed E-state index contributed by atoms with van der Waals surface area (Å²) in [5.74, 6) is -1.65. The van der Waals surface area contributed by atoms with Crippen molar-refractivity contribution in [2.75, 3.05) is 26.4 Å². The van der Waals surface area contributed by atoms with Gasteiger partial charge in [-0.25, -0.2) is 0 Å². The van der Waals surface area contributed by atoms with Gasteiger partial charge in [-0.15, -0.1) is 0 Å². The molecule has 0 spiro atoms. The first-order chi connectivity index (χ1) is 19.2. The molecule has 2 atom stereocenters. The van der Waals surface area contributed by atoms with Gasteiger partial charge in [-0.3, -0.25) is 19.8 Å². The molecule has 0 saturated heterocycles. The molecule has 224 valence electrons. The molecule has 0 bridgehead atoms. The topological polar surface area (TPSA) is 136 Å². The zero-order valence-electron chi connectivity index (χ0n) is 23.8. The van der Waals surface area contributed by atoms with E-state index in [1.165, 1.54) is 0 Å². The van der Waals surface area contributed by atoms with E-state index in [0.29, 0.717) is 36.8 Å². The third-order valence-corrected chi connectivity index (χ3v) is 11.4. The second-order valence-electron chi connectivity index (χ2n) is 9.56. The van der Waals surface area contributed by atoms with E-state index in [1.807, 2.05) is 0 Å². The Morgan fingerprint density at radius 2 is 0.950 bits per heavy atom. The summed E-state index contributed by atoms with van der Waals surface area (Å²) in [5.41, 5.74) is 0.920. The van der Waals surface area contributed by atoms with Gasteiger partial charge in [0.05, 0.1) is 26.4 Å². The smallest absolute Gasteiger partial charge is 0.352 e. The highest BCUT2D eigenvalue weighted by Gasteiger charge is 2.42. The molecule has 1 aliphatic rings. The van der Waals surface area contributed by atoms with Crippen molar-refractivity contribution in [3.63, 3.8) is 0 Å². The van der Waals surface area contributed by atoms with Gasteiger partial charge in [0.15, 0.2) is 0 Å². The number of aromatic hydroxyl groups is 2. The van der Waals surface area contributed by atoms with Gasteiger partial charge < -0.3 is 28.3 Å². The fourth-order valence-corrected chi connectivity index (χ4v) is 9.20. The number of hydrogen-bond acceptors (Lipinski definition) is 10. The molecule has 1 fully saturated rings. The van der Waals surface area contributed by atoms with Crippen molar-refractivity contribution in [3.8, 4) is 11.5 Å². The molecule has 40 heavy (non-hydrogen) atoms. The zero-order chi connectivity index (χ0) is 29.2. The van der Waals surface area contributed by atoms with Crippen molar-refractivity contribution in [1.29, 1.82) is 0 Å². The van der Waals surface area contributed by atoms with Crippen LogP contribution in [0.4, 0.5) is 0 Å². The maximum absolute atomic E-state index is 13.9. The van der Waals surface area contributed by atoms with Crippen LogP contribution in [0.5, 0.6) is 11.5 Å². The molecule has 3 rings (SSSR count). The van der Waals surface area contributed by atoms with E-state index in [0.717, 1.165) is 0 Å². The lowest BCUT2D eigenvalue weighted by atomic mass is 9.90. The van der Waals surface area contributed by atoms with Gasteiger partial charge in [-0.05, 0) is 65.5 Å². The number of hydrogen-bond donors (Lipinski definition) is 4. The van der Waals surface area contributed by atoms with E-state index < -0.39 is 26.8 Å². The predicted molar refractivity (Wildman–Crippen MR) is 156 cm³/mol. The Morgan fingerprint density at radius 3 is 1.23 bits per heavy atom. The molecule has 12 heteroatoms. The summed E-state index contributed by atoms with van der Waals surface area (Å²) >= 11 is 0. The number of phenols is 2. The van der Waals surface area contributed by atoms with Crippen molar-refractivity contribution >= 4 is 15.2 Å². The number of rotatable bonds is 16. The standard InChI is InChI=1S/C28H44N2O8P2/c1-5-35-39(33,36-6-2)27(23-13-9-11-15-25(23)31)29-21-17-19-22(20-18-21)30-28(24-14-10-12-16-26(24)32)40(34,37-7-3)38-8-4/h9-16,21-22,27-32H,5-8,17-20H2,1-4H3. The molecule has 10 nitrogen and oxygen atoms in total. The lowest BCUT2D eigenvalue weighted by Crippen LogP contribution is -2.42. The molecule has 0 aromatic heterocycles. The first-order valence-corrected chi connectivity index (χ1v) is 17.3. The van der Waals surface area contributed by atoms with Crippen molar-refractivity contribution in [2.45, 2.75) is 77.0 Å². The average Bonchev–Trinajstić information content (AvgIpc) is 2.93. The summed E-state index contributed by atoms with van der Waals surface area (Å²) < 4.78 is 50.4. The molecule has 0 aliphatic heterocycles. The minimum Gasteiger partial charge on any atom is -0.508 e. The van der Waals surface area contributed by atoms with Gasteiger partial charge in [-0.2, -0.15) is 0 Å².